The molecule has 0 aliphatic heterocycles. The summed E-state index contributed by atoms with van der Waals surface area (Å²) in [7, 11) is -2.53. The maximum atomic E-state index is 12.5. The largest absolute Gasteiger partial charge is 0.269 e. The molecule has 0 heterocycles. The highest BCUT2D eigenvalue weighted by molar-refractivity contribution is 7.92. The zero-order chi connectivity index (χ0) is 16.5. The van der Waals surface area contributed by atoms with E-state index in [1.54, 1.807) is 0 Å². The molecule has 2 aromatic rings. The van der Waals surface area contributed by atoms with E-state index in [-0.39, 0.29) is 16.3 Å². The topological polar surface area (TPSA) is 80.5 Å². The number of anilines is 1. The molecular formula is C13H10Cl2N2O4S. The minimum Gasteiger partial charge on any atom is -0.269 e. The van der Waals surface area contributed by atoms with Gasteiger partial charge in [-0.3, -0.25) is 14.4 Å². The van der Waals surface area contributed by atoms with Crippen LogP contribution in [0.2, 0.25) is 10.0 Å². The van der Waals surface area contributed by atoms with Crippen LogP contribution in [0.25, 0.3) is 0 Å². The van der Waals surface area contributed by atoms with Crippen LogP contribution in [0.3, 0.4) is 0 Å². The Kier molecular flexibility index (Phi) is 4.60. The van der Waals surface area contributed by atoms with Crippen molar-refractivity contribution in [3.63, 3.8) is 0 Å². The monoisotopic (exact) mass is 360 g/mol. The van der Waals surface area contributed by atoms with E-state index in [4.69, 9.17) is 23.2 Å². The molecule has 0 atom stereocenters. The molecule has 0 aliphatic carbocycles. The lowest BCUT2D eigenvalue weighted by Gasteiger charge is -2.20. The first-order valence-electron chi connectivity index (χ1n) is 5.91. The Morgan fingerprint density at radius 1 is 1.05 bits per heavy atom. The van der Waals surface area contributed by atoms with Gasteiger partial charge in [0.15, 0.2) is 0 Å². The summed E-state index contributed by atoms with van der Waals surface area (Å²) in [5, 5.41) is 11.2. The van der Waals surface area contributed by atoms with Gasteiger partial charge in [-0.2, -0.15) is 0 Å². The van der Waals surface area contributed by atoms with Gasteiger partial charge in [-0.25, -0.2) is 8.42 Å². The predicted molar refractivity (Wildman–Crippen MR) is 85.1 cm³/mol. The summed E-state index contributed by atoms with van der Waals surface area (Å²) >= 11 is 11.7. The molecule has 2 aromatic carbocycles. The van der Waals surface area contributed by atoms with Crippen molar-refractivity contribution in [2.75, 3.05) is 11.4 Å². The zero-order valence-corrected chi connectivity index (χ0v) is 13.6. The summed E-state index contributed by atoms with van der Waals surface area (Å²) in [4.78, 5) is 9.94. The number of benzene rings is 2. The Morgan fingerprint density at radius 2 is 1.55 bits per heavy atom. The van der Waals surface area contributed by atoms with Crippen molar-refractivity contribution in [2.45, 2.75) is 4.90 Å². The van der Waals surface area contributed by atoms with E-state index in [1.807, 2.05) is 0 Å². The van der Waals surface area contributed by atoms with Gasteiger partial charge in [0.1, 0.15) is 0 Å². The highest BCUT2D eigenvalue weighted by atomic mass is 35.5. The molecular weight excluding hydrogens is 351 g/mol. The molecule has 9 heteroatoms. The van der Waals surface area contributed by atoms with Gasteiger partial charge in [-0.05, 0) is 30.3 Å². The van der Waals surface area contributed by atoms with E-state index in [9.17, 15) is 18.5 Å². The van der Waals surface area contributed by atoms with E-state index < -0.39 is 14.9 Å². The van der Waals surface area contributed by atoms with Gasteiger partial charge in [-0.15, -0.1) is 0 Å². The molecule has 0 N–H and O–H groups in total. The van der Waals surface area contributed by atoms with Gasteiger partial charge in [0.05, 0.1) is 15.5 Å². The van der Waals surface area contributed by atoms with Crippen LogP contribution in [-0.2, 0) is 10.0 Å². The molecule has 0 aliphatic rings. The fourth-order valence-corrected chi connectivity index (χ4v) is 3.45. The summed E-state index contributed by atoms with van der Waals surface area (Å²) in [5.41, 5.74) is 0.100. The van der Waals surface area contributed by atoms with Crippen molar-refractivity contribution < 1.29 is 13.3 Å². The molecule has 6 nitrogen and oxygen atoms in total. The van der Waals surface area contributed by atoms with Crippen molar-refractivity contribution in [2.24, 2.45) is 0 Å². The summed E-state index contributed by atoms with van der Waals surface area (Å²) < 4.78 is 26.0. The van der Waals surface area contributed by atoms with E-state index in [0.717, 1.165) is 16.4 Å². The van der Waals surface area contributed by atoms with E-state index >= 15 is 0 Å². The maximum Gasteiger partial charge on any atom is 0.269 e. The number of non-ortho nitro benzene ring substituents is 1. The van der Waals surface area contributed by atoms with E-state index in [1.165, 1.54) is 37.4 Å². The van der Waals surface area contributed by atoms with Crippen molar-refractivity contribution in [3.8, 4) is 0 Å². The SMILES string of the molecule is CN(c1cc(Cl)cc(Cl)c1)S(=O)(=O)c1ccc([N+](=O)[O-])cc1. The Morgan fingerprint density at radius 3 is 2.00 bits per heavy atom. The lowest BCUT2D eigenvalue weighted by atomic mass is 10.3. The standard InChI is InChI=1S/C13H10Cl2N2O4S/c1-16(12-7-9(14)6-10(15)8-12)22(20,21)13-4-2-11(3-5-13)17(18)19/h2-8H,1H3. The smallest absolute Gasteiger partial charge is 0.269 e. The lowest BCUT2D eigenvalue weighted by Crippen LogP contribution is -2.26. The number of nitrogens with zero attached hydrogens (tertiary/aromatic N) is 2. The maximum absolute atomic E-state index is 12.5. The fourth-order valence-electron chi connectivity index (χ4n) is 1.76. The summed E-state index contributed by atoms with van der Waals surface area (Å²) in [6.07, 6.45) is 0. The zero-order valence-electron chi connectivity index (χ0n) is 11.2. The molecule has 116 valence electrons. The summed E-state index contributed by atoms with van der Waals surface area (Å²) in [6.45, 7) is 0. The quantitative estimate of drug-likeness (QED) is 0.614. The summed E-state index contributed by atoms with van der Waals surface area (Å²) in [5.74, 6) is 0. The van der Waals surface area contributed by atoms with Gasteiger partial charge in [0, 0.05) is 29.2 Å². The summed E-state index contributed by atoms with van der Waals surface area (Å²) in [6, 6.07) is 9.01. The number of sulfonamides is 1. The molecule has 0 amide bonds. The first-order chi connectivity index (χ1) is 10.2. The van der Waals surface area contributed by atoms with Crippen LogP contribution in [0, 0.1) is 10.1 Å². The molecule has 0 saturated carbocycles. The van der Waals surface area contributed by atoms with Crippen LogP contribution in [-0.4, -0.2) is 20.4 Å². The van der Waals surface area contributed by atoms with Gasteiger partial charge in [0.2, 0.25) is 0 Å². The molecule has 0 saturated heterocycles. The highest BCUT2D eigenvalue weighted by Crippen LogP contribution is 2.28. The third kappa shape index (κ3) is 3.32. The van der Waals surface area contributed by atoms with Crippen LogP contribution >= 0.6 is 23.2 Å². The number of hydrogen-bond donors (Lipinski definition) is 0. The van der Waals surface area contributed by atoms with Gasteiger partial charge < -0.3 is 0 Å². The van der Waals surface area contributed by atoms with E-state index in [0.29, 0.717) is 10.0 Å². The number of nitro groups is 1. The Bertz CT molecular complexity index is 802. The second kappa shape index (κ2) is 6.12. The first kappa shape index (κ1) is 16.5. The molecule has 0 radical (unpaired) electrons. The minimum atomic E-state index is -3.87. The molecule has 0 fully saturated rings. The average molecular weight is 361 g/mol. The number of nitro benzene ring substituents is 1. The lowest BCUT2D eigenvalue weighted by molar-refractivity contribution is -0.384. The van der Waals surface area contributed by atoms with Crippen molar-refractivity contribution in [3.05, 3.63) is 62.6 Å². The number of hydrogen-bond acceptors (Lipinski definition) is 4. The second-order valence-corrected chi connectivity index (χ2v) is 7.19. The molecule has 0 spiro atoms. The van der Waals surface area contributed by atoms with Crippen LogP contribution in [0.5, 0.6) is 0 Å². The normalized spacial score (nSPS) is 11.2. The van der Waals surface area contributed by atoms with Gasteiger partial charge >= 0.3 is 0 Å². The predicted octanol–water partition coefficient (Wildman–Crippen LogP) is 3.73. The third-order valence-electron chi connectivity index (χ3n) is 2.92. The fraction of sp³-hybridized carbons (Fsp3) is 0.0769. The van der Waals surface area contributed by atoms with Gasteiger partial charge in [0.25, 0.3) is 15.7 Å². The van der Waals surface area contributed by atoms with Crippen molar-refractivity contribution in [1.29, 1.82) is 0 Å². The Hall–Kier alpha value is -1.83. The highest BCUT2D eigenvalue weighted by Gasteiger charge is 2.22. The molecule has 2 rings (SSSR count). The number of rotatable bonds is 4. The third-order valence-corrected chi connectivity index (χ3v) is 5.15. The van der Waals surface area contributed by atoms with Crippen molar-refractivity contribution >= 4 is 44.6 Å². The van der Waals surface area contributed by atoms with Crippen molar-refractivity contribution in [1.82, 2.24) is 0 Å². The van der Waals surface area contributed by atoms with Crippen LogP contribution in [0.4, 0.5) is 11.4 Å². The first-order valence-corrected chi connectivity index (χ1v) is 8.11. The minimum absolute atomic E-state index is 0.0725. The van der Waals surface area contributed by atoms with Crippen LogP contribution < -0.4 is 4.31 Å². The molecule has 0 aromatic heterocycles. The second-order valence-electron chi connectivity index (χ2n) is 4.35. The molecule has 0 bridgehead atoms. The number of halogens is 2. The van der Waals surface area contributed by atoms with Crippen LogP contribution in [0.1, 0.15) is 0 Å². The Labute approximate surface area is 137 Å². The Balaban J connectivity index is 2.42. The van der Waals surface area contributed by atoms with Crippen LogP contribution in [0.15, 0.2) is 47.4 Å². The van der Waals surface area contributed by atoms with E-state index in [2.05, 4.69) is 0 Å². The molecule has 22 heavy (non-hydrogen) atoms. The van der Waals surface area contributed by atoms with Gasteiger partial charge in [-0.1, -0.05) is 23.2 Å². The average Bonchev–Trinajstić information content (AvgIpc) is 2.45. The molecule has 0 unspecified atom stereocenters.